The highest BCUT2D eigenvalue weighted by Gasteiger charge is 2.06. The molecule has 0 heterocycles. The quantitative estimate of drug-likeness (QED) is 0.839. The maximum atomic E-state index is 11.5. The summed E-state index contributed by atoms with van der Waals surface area (Å²) in [4.78, 5) is 11.5. The van der Waals surface area contributed by atoms with Crippen molar-refractivity contribution in [2.24, 2.45) is 5.92 Å². The van der Waals surface area contributed by atoms with Crippen molar-refractivity contribution < 1.29 is 4.79 Å². The van der Waals surface area contributed by atoms with Crippen LogP contribution in [-0.4, -0.2) is 12.5 Å². The lowest BCUT2D eigenvalue weighted by Crippen LogP contribution is -2.28. The predicted molar refractivity (Wildman–Crippen MR) is 63.0 cm³/mol. The third-order valence-corrected chi connectivity index (χ3v) is 2.39. The minimum absolute atomic E-state index is 0.0248. The number of rotatable bonds is 4. The second-order valence-electron chi connectivity index (χ2n) is 3.97. The molecule has 1 rings (SSSR count). The van der Waals surface area contributed by atoms with Crippen molar-refractivity contribution in [3.8, 4) is 0 Å². The van der Waals surface area contributed by atoms with Crippen molar-refractivity contribution in [1.29, 1.82) is 0 Å². The van der Waals surface area contributed by atoms with Gasteiger partial charge in [0.2, 0.25) is 5.91 Å². The number of hydrogen-bond donors (Lipinski definition) is 1. The molecule has 0 aliphatic rings. The van der Waals surface area contributed by atoms with Crippen molar-refractivity contribution in [2.45, 2.75) is 20.3 Å². The van der Waals surface area contributed by atoms with Crippen LogP contribution >= 0.6 is 11.6 Å². The number of carbonyl (C=O) groups is 1. The lowest BCUT2D eigenvalue weighted by molar-refractivity contribution is -0.120. The first-order valence-electron chi connectivity index (χ1n) is 5.09. The molecule has 0 spiro atoms. The van der Waals surface area contributed by atoms with Gasteiger partial charge in [-0.1, -0.05) is 43.6 Å². The highest BCUT2D eigenvalue weighted by Crippen LogP contribution is 2.15. The van der Waals surface area contributed by atoms with Crippen molar-refractivity contribution in [3.63, 3.8) is 0 Å². The summed E-state index contributed by atoms with van der Waals surface area (Å²) in [6.07, 6.45) is 0.354. The Labute approximate surface area is 95.6 Å². The van der Waals surface area contributed by atoms with Gasteiger partial charge >= 0.3 is 0 Å². The molecule has 0 saturated carbocycles. The molecule has 0 atom stereocenters. The average molecular weight is 226 g/mol. The maximum Gasteiger partial charge on any atom is 0.224 e. The SMILES string of the molecule is CC(C)CNC(=O)Cc1ccccc1Cl. The Morgan fingerprint density at radius 1 is 1.40 bits per heavy atom. The van der Waals surface area contributed by atoms with Crippen LogP contribution in [0.25, 0.3) is 0 Å². The molecule has 0 aliphatic carbocycles. The first kappa shape index (κ1) is 12.1. The van der Waals surface area contributed by atoms with Gasteiger partial charge in [0.15, 0.2) is 0 Å². The normalized spacial score (nSPS) is 10.4. The van der Waals surface area contributed by atoms with Crippen LogP contribution in [0.5, 0.6) is 0 Å². The molecule has 0 unspecified atom stereocenters. The fraction of sp³-hybridized carbons (Fsp3) is 0.417. The van der Waals surface area contributed by atoms with Gasteiger partial charge in [-0.3, -0.25) is 4.79 Å². The average Bonchev–Trinajstić information content (AvgIpc) is 2.18. The van der Waals surface area contributed by atoms with E-state index in [1.807, 2.05) is 18.2 Å². The Balaban J connectivity index is 2.48. The van der Waals surface area contributed by atoms with E-state index in [0.29, 0.717) is 23.9 Å². The van der Waals surface area contributed by atoms with Crippen LogP contribution in [0.2, 0.25) is 5.02 Å². The summed E-state index contributed by atoms with van der Waals surface area (Å²) in [5.74, 6) is 0.497. The van der Waals surface area contributed by atoms with Crippen LogP contribution in [0.15, 0.2) is 24.3 Å². The minimum atomic E-state index is 0.0248. The molecule has 0 saturated heterocycles. The van der Waals surface area contributed by atoms with Gasteiger partial charge in [0, 0.05) is 11.6 Å². The van der Waals surface area contributed by atoms with Gasteiger partial charge in [-0.15, -0.1) is 0 Å². The fourth-order valence-electron chi connectivity index (χ4n) is 1.20. The summed E-state index contributed by atoms with van der Waals surface area (Å²) >= 11 is 5.95. The van der Waals surface area contributed by atoms with E-state index in [2.05, 4.69) is 19.2 Å². The lowest BCUT2D eigenvalue weighted by Gasteiger charge is -2.08. The summed E-state index contributed by atoms with van der Waals surface area (Å²) in [6, 6.07) is 7.42. The summed E-state index contributed by atoms with van der Waals surface area (Å²) in [5, 5.41) is 3.51. The highest BCUT2D eigenvalue weighted by molar-refractivity contribution is 6.31. The summed E-state index contributed by atoms with van der Waals surface area (Å²) in [7, 11) is 0. The number of halogens is 1. The second kappa shape index (κ2) is 5.76. The van der Waals surface area contributed by atoms with E-state index in [-0.39, 0.29) is 5.91 Å². The van der Waals surface area contributed by atoms with E-state index in [1.54, 1.807) is 6.07 Å². The van der Waals surface area contributed by atoms with Gasteiger partial charge in [-0.25, -0.2) is 0 Å². The molecule has 82 valence electrons. The zero-order chi connectivity index (χ0) is 11.3. The maximum absolute atomic E-state index is 11.5. The minimum Gasteiger partial charge on any atom is -0.356 e. The van der Waals surface area contributed by atoms with Crippen LogP contribution in [0, 0.1) is 5.92 Å². The number of amides is 1. The van der Waals surface area contributed by atoms with Gasteiger partial charge in [-0.05, 0) is 17.5 Å². The van der Waals surface area contributed by atoms with E-state index in [1.165, 1.54) is 0 Å². The zero-order valence-corrected chi connectivity index (χ0v) is 9.84. The topological polar surface area (TPSA) is 29.1 Å². The van der Waals surface area contributed by atoms with Gasteiger partial charge in [0.1, 0.15) is 0 Å². The van der Waals surface area contributed by atoms with Crippen LogP contribution in [0.3, 0.4) is 0 Å². The Morgan fingerprint density at radius 3 is 2.67 bits per heavy atom. The molecule has 0 radical (unpaired) electrons. The Morgan fingerprint density at radius 2 is 2.07 bits per heavy atom. The van der Waals surface area contributed by atoms with E-state index in [0.717, 1.165) is 5.56 Å². The number of benzene rings is 1. The van der Waals surface area contributed by atoms with Gasteiger partial charge < -0.3 is 5.32 Å². The van der Waals surface area contributed by atoms with Gasteiger partial charge in [-0.2, -0.15) is 0 Å². The number of carbonyl (C=O) groups excluding carboxylic acids is 1. The molecule has 0 aliphatic heterocycles. The monoisotopic (exact) mass is 225 g/mol. The molecule has 0 bridgehead atoms. The predicted octanol–water partition coefficient (Wildman–Crippen LogP) is 2.65. The summed E-state index contributed by atoms with van der Waals surface area (Å²) in [5.41, 5.74) is 0.875. The zero-order valence-electron chi connectivity index (χ0n) is 9.09. The molecular weight excluding hydrogens is 210 g/mol. The molecule has 0 aromatic heterocycles. The number of nitrogens with one attached hydrogen (secondary N) is 1. The van der Waals surface area contributed by atoms with Crippen LogP contribution in [0.1, 0.15) is 19.4 Å². The van der Waals surface area contributed by atoms with Crippen LogP contribution in [0.4, 0.5) is 0 Å². The van der Waals surface area contributed by atoms with Gasteiger partial charge in [0.25, 0.3) is 0 Å². The molecule has 1 amide bonds. The standard InChI is InChI=1S/C12H16ClNO/c1-9(2)8-14-12(15)7-10-5-3-4-6-11(10)13/h3-6,9H,7-8H2,1-2H3,(H,14,15). The Hall–Kier alpha value is -1.02. The Bertz CT molecular complexity index is 336. The molecule has 1 aromatic rings. The molecule has 1 N–H and O–H groups in total. The van der Waals surface area contributed by atoms with Crippen molar-refractivity contribution in [1.82, 2.24) is 5.32 Å². The Kier molecular flexibility index (Phi) is 4.63. The third kappa shape index (κ3) is 4.34. The molecule has 2 nitrogen and oxygen atoms in total. The van der Waals surface area contributed by atoms with Crippen molar-refractivity contribution in [3.05, 3.63) is 34.9 Å². The lowest BCUT2D eigenvalue weighted by atomic mass is 10.1. The van der Waals surface area contributed by atoms with E-state index < -0.39 is 0 Å². The van der Waals surface area contributed by atoms with Crippen LogP contribution < -0.4 is 5.32 Å². The molecule has 3 heteroatoms. The van der Waals surface area contributed by atoms with Crippen molar-refractivity contribution in [2.75, 3.05) is 6.54 Å². The van der Waals surface area contributed by atoms with E-state index in [4.69, 9.17) is 11.6 Å². The molecule has 0 fully saturated rings. The highest BCUT2D eigenvalue weighted by atomic mass is 35.5. The third-order valence-electron chi connectivity index (χ3n) is 2.02. The second-order valence-corrected chi connectivity index (χ2v) is 4.37. The van der Waals surface area contributed by atoms with Crippen LogP contribution in [-0.2, 0) is 11.2 Å². The van der Waals surface area contributed by atoms with Gasteiger partial charge in [0.05, 0.1) is 6.42 Å². The first-order valence-corrected chi connectivity index (χ1v) is 5.47. The van der Waals surface area contributed by atoms with E-state index in [9.17, 15) is 4.79 Å². The number of hydrogen-bond acceptors (Lipinski definition) is 1. The fourth-order valence-corrected chi connectivity index (χ4v) is 1.40. The molecule has 15 heavy (non-hydrogen) atoms. The first-order chi connectivity index (χ1) is 7.09. The van der Waals surface area contributed by atoms with Crippen molar-refractivity contribution >= 4 is 17.5 Å². The van der Waals surface area contributed by atoms with E-state index >= 15 is 0 Å². The summed E-state index contributed by atoms with van der Waals surface area (Å²) in [6.45, 7) is 4.84. The summed E-state index contributed by atoms with van der Waals surface area (Å²) < 4.78 is 0. The largest absolute Gasteiger partial charge is 0.356 e. The molecular formula is C12H16ClNO. The molecule has 1 aromatic carbocycles. The smallest absolute Gasteiger partial charge is 0.224 e.